The smallest absolute Gasteiger partial charge is 0.389 e. The van der Waals surface area contributed by atoms with E-state index in [-0.39, 0.29) is 18.5 Å². The monoisotopic (exact) mass is 325 g/mol. The van der Waals surface area contributed by atoms with E-state index in [4.69, 9.17) is 5.11 Å². The van der Waals surface area contributed by atoms with Crippen molar-refractivity contribution in [3.63, 3.8) is 0 Å². The van der Waals surface area contributed by atoms with Crippen molar-refractivity contribution in [3.05, 3.63) is 28.2 Å². The van der Waals surface area contributed by atoms with Crippen LogP contribution in [0.4, 0.5) is 18.9 Å². The molecule has 7 heteroatoms. The topological polar surface area (TPSA) is 49.3 Å². The van der Waals surface area contributed by atoms with Crippen LogP contribution in [0.5, 0.6) is 0 Å². The Bertz CT molecular complexity index is 435. The number of rotatable bonds is 5. The van der Waals surface area contributed by atoms with Crippen LogP contribution < -0.4 is 5.32 Å². The maximum absolute atomic E-state index is 11.9. The van der Waals surface area contributed by atoms with Gasteiger partial charge in [-0.15, -0.1) is 0 Å². The molecule has 2 N–H and O–H groups in total. The average molecular weight is 326 g/mol. The van der Waals surface area contributed by atoms with Crippen LogP contribution in [-0.4, -0.2) is 23.8 Å². The van der Waals surface area contributed by atoms with Crippen LogP contribution in [0.25, 0.3) is 0 Å². The molecule has 1 aromatic rings. The lowest BCUT2D eigenvalue weighted by Gasteiger charge is -2.09. The van der Waals surface area contributed by atoms with Crippen LogP contribution >= 0.6 is 15.9 Å². The first kappa shape index (κ1) is 14.8. The summed E-state index contributed by atoms with van der Waals surface area (Å²) in [5.74, 6) is -1.09. The second-order valence-corrected chi connectivity index (χ2v) is 4.59. The van der Waals surface area contributed by atoms with Gasteiger partial charge in [-0.05, 0) is 24.6 Å². The number of hydrogen-bond acceptors (Lipinski definition) is 2. The van der Waals surface area contributed by atoms with Gasteiger partial charge in [0, 0.05) is 23.1 Å². The van der Waals surface area contributed by atoms with E-state index in [9.17, 15) is 18.0 Å². The number of alkyl halides is 3. The molecule has 0 fully saturated rings. The Hall–Kier alpha value is -1.24. The predicted molar refractivity (Wildman–Crippen MR) is 64.9 cm³/mol. The van der Waals surface area contributed by atoms with Crippen molar-refractivity contribution in [3.8, 4) is 0 Å². The van der Waals surface area contributed by atoms with Crippen molar-refractivity contribution in [1.29, 1.82) is 0 Å². The number of nitrogens with one attached hydrogen (secondary N) is 1. The molecule has 0 heterocycles. The highest BCUT2D eigenvalue weighted by Crippen LogP contribution is 2.22. The van der Waals surface area contributed by atoms with Crippen molar-refractivity contribution in [2.75, 3.05) is 11.9 Å². The third kappa shape index (κ3) is 5.39. The molecular formula is C11H11BrF3NO2. The van der Waals surface area contributed by atoms with Gasteiger partial charge in [-0.25, -0.2) is 4.79 Å². The molecule has 1 rings (SSSR count). The highest BCUT2D eigenvalue weighted by Gasteiger charge is 2.25. The fourth-order valence-corrected chi connectivity index (χ4v) is 1.83. The Kier molecular flexibility index (Phi) is 5.01. The highest BCUT2D eigenvalue weighted by molar-refractivity contribution is 9.10. The summed E-state index contributed by atoms with van der Waals surface area (Å²) >= 11 is 3.14. The SMILES string of the molecule is O=C(O)c1cc(Br)cc(NCCCC(F)(F)F)c1. The minimum Gasteiger partial charge on any atom is -0.478 e. The molecule has 0 aromatic heterocycles. The minimum atomic E-state index is -4.16. The normalized spacial score (nSPS) is 11.3. The van der Waals surface area contributed by atoms with Gasteiger partial charge in [0.2, 0.25) is 0 Å². The molecule has 0 aliphatic rings. The van der Waals surface area contributed by atoms with Gasteiger partial charge in [0.05, 0.1) is 5.56 Å². The van der Waals surface area contributed by atoms with E-state index in [2.05, 4.69) is 21.2 Å². The van der Waals surface area contributed by atoms with Crippen molar-refractivity contribution in [2.45, 2.75) is 19.0 Å². The van der Waals surface area contributed by atoms with E-state index in [1.54, 1.807) is 6.07 Å². The zero-order valence-electron chi connectivity index (χ0n) is 9.22. The van der Waals surface area contributed by atoms with Gasteiger partial charge in [0.1, 0.15) is 0 Å². The van der Waals surface area contributed by atoms with Gasteiger partial charge in [-0.3, -0.25) is 0 Å². The van der Waals surface area contributed by atoms with Crippen LogP contribution in [0.3, 0.4) is 0 Å². The Morgan fingerprint density at radius 1 is 1.33 bits per heavy atom. The third-order valence-electron chi connectivity index (χ3n) is 2.11. The van der Waals surface area contributed by atoms with Crippen LogP contribution in [0.15, 0.2) is 22.7 Å². The molecule has 0 radical (unpaired) electrons. The van der Waals surface area contributed by atoms with E-state index < -0.39 is 18.6 Å². The van der Waals surface area contributed by atoms with Crippen molar-refractivity contribution in [1.82, 2.24) is 0 Å². The zero-order chi connectivity index (χ0) is 13.8. The number of halogens is 4. The first-order valence-corrected chi connectivity index (χ1v) is 5.92. The first-order valence-electron chi connectivity index (χ1n) is 5.12. The van der Waals surface area contributed by atoms with Crippen LogP contribution in [0, 0.1) is 0 Å². The second kappa shape index (κ2) is 6.08. The van der Waals surface area contributed by atoms with E-state index in [0.717, 1.165) is 0 Å². The molecule has 100 valence electrons. The number of carbonyl (C=O) groups is 1. The molecule has 3 nitrogen and oxygen atoms in total. The van der Waals surface area contributed by atoms with Gasteiger partial charge in [-0.1, -0.05) is 15.9 Å². The van der Waals surface area contributed by atoms with Gasteiger partial charge < -0.3 is 10.4 Å². The summed E-state index contributed by atoms with van der Waals surface area (Å²) in [6.45, 7) is 0.134. The number of aromatic carboxylic acids is 1. The summed E-state index contributed by atoms with van der Waals surface area (Å²) < 4.78 is 36.3. The molecule has 0 spiro atoms. The van der Waals surface area contributed by atoms with Crippen LogP contribution in [0.1, 0.15) is 23.2 Å². The van der Waals surface area contributed by atoms with Crippen molar-refractivity contribution >= 4 is 27.6 Å². The number of carboxylic acids is 1. The molecule has 0 saturated heterocycles. The minimum absolute atomic E-state index is 0.0571. The lowest BCUT2D eigenvalue weighted by Crippen LogP contribution is -2.11. The van der Waals surface area contributed by atoms with E-state index in [1.165, 1.54) is 12.1 Å². The number of anilines is 1. The zero-order valence-corrected chi connectivity index (χ0v) is 10.8. The molecular weight excluding hydrogens is 315 g/mol. The maximum Gasteiger partial charge on any atom is 0.389 e. The van der Waals surface area contributed by atoms with Gasteiger partial charge in [-0.2, -0.15) is 13.2 Å². The Balaban J connectivity index is 2.55. The lowest BCUT2D eigenvalue weighted by molar-refractivity contribution is -0.134. The molecule has 1 aromatic carbocycles. The molecule has 0 aliphatic carbocycles. The van der Waals surface area contributed by atoms with Crippen molar-refractivity contribution < 1.29 is 23.1 Å². The number of carboxylic acid groups (broad SMARTS) is 1. The highest BCUT2D eigenvalue weighted by atomic mass is 79.9. The molecule has 0 atom stereocenters. The first-order chi connectivity index (χ1) is 8.28. The Labute approximate surface area is 110 Å². The molecule has 0 aliphatic heterocycles. The van der Waals surface area contributed by atoms with E-state index >= 15 is 0 Å². The largest absolute Gasteiger partial charge is 0.478 e. The second-order valence-electron chi connectivity index (χ2n) is 3.68. The standard InChI is InChI=1S/C11H11BrF3NO2/c12-8-4-7(10(17)18)5-9(6-8)16-3-1-2-11(13,14)15/h4-6,16H,1-3H2,(H,17,18). The average Bonchev–Trinajstić information content (AvgIpc) is 2.22. The summed E-state index contributed by atoms with van der Waals surface area (Å²) in [7, 11) is 0. The van der Waals surface area contributed by atoms with Gasteiger partial charge >= 0.3 is 12.1 Å². The third-order valence-corrected chi connectivity index (χ3v) is 2.57. The Morgan fingerprint density at radius 3 is 2.56 bits per heavy atom. The fourth-order valence-electron chi connectivity index (χ4n) is 1.34. The van der Waals surface area contributed by atoms with Crippen molar-refractivity contribution in [2.24, 2.45) is 0 Å². The molecule has 0 amide bonds. The fraction of sp³-hybridized carbons (Fsp3) is 0.364. The molecule has 0 saturated carbocycles. The number of benzene rings is 1. The van der Waals surface area contributed by atoms with E-state index in [1.807, 2.05) is 0 Å². The van der Waals surface area contributed by atoms with E-state index in [0.29, 0.717) is 10.2 Å². The summed E-state index contributed by atoms with van der Waals surface area (Å²) in [5, 5.41) is 11.6. The maximum atomic E-state index is 11.9. The van der Waals surface area contributed by atoms with Crippen LogP contribution in [0.2, 0.25) is 0 Å². The molecule has 0 unspecified atom stereocenters. The summed E-state index contributed by atoms with van der Waals surface area (Å²) in [6, 6.07) is 4.41. The molecule has 18 heavy (non-hydrogen) atoms. The quantitative estimate of drug-likeness (QED) is 0.807. The lowest BCUT2D eigenvalue weighted by atomic mass is 10.2. The summed E-state index contributed by atoms with van der Waals surface area (Å²) in [4.78, 5) is 10.8. The van der Waals surface area contributed by atoms with Crippen LogP contribution in [-0.2, 0) is 0 Å². The summed E-state index contributed by atoms with van der Waals surface area (Å²) in [6.07, 6.45) is -5.08. The molecule has 0 bridgehead atoms. The summed E-state index contributed by atoms with van der Waals surface area (Å²) in [5.41, 5.74) is 0.548. The number of hydrogen-bond donors (Lipinski definition) is 2. The van der Waals surface area contributed by atoms with Gasteiger partial charge in [0.25, 0.3) is 0 Å². The van der Waals surface area contributed by atoms with Gasteiger partial charge in [0.15, 0.2) is 0 Å². The predicted octanol–water partition coefficient (Wildman–Crippen LogP) is 3.90. The Morgan fingerprint density at radius 2 is 2.00 bits per heavy atom.